The minimum absolute atomic E-state index is 0.280. The minimum Gasteiger partial charge on any atom is -0.490 e. The van der Waals surface area contributed by atoms with E-state index in [2.05, 4.69) is 34.6 Å². The van der Waals surface area contributed by atoms with E-state index < -0.39 is 5.97 Å². The van der Waals surface area contributed by atoms with E-state index in [9.17, 15) is 4.79 Å². The number of nitrogens with two attached hydrogens (primary N) is 2. The average Bonchev–Trinajstić information content (AvgIpc) is 3.39. The molecule has 0 saturated heterocycles. The van der Waals surface area contributed by atoms with Crippen LogP contribution in [0.15, 0.2) is 48.5 Å². The molecular formula is C42H60N2O3. The lowest BCUT2D eigenvalue weighted by atomic mass is 9.44. The van der Waals surface area contributed by atoms with Crippen molar-refractivity contribution in [2.45, 2.75) is 118 Å². The van der Waals surface area contributed by atoms with Gasteiger partial charge in [0.05, 0.1) is 11.8 Å². The lowest BCUT2D eigenvalue weighted by Crippen LogP contribution is -2.54. The van der Waals surface area contributed by atoms with Gasteiger partial charge in [-0.2, -0.15) is 0 Å². The molecule has 0 radical (unpaired) electrons. The lowest BCUT2D eigenvalue weighted by Gasteiger charge is -2.61. The summed E-state index contributed by atoms with van der Waals surface area (Å²) >= 11 is 0. The number of anilines is 2. The number of fused-ring (bicyclic) bond motifs is 5. The van der Waals surface area contributed by atoms with Crippen molar-refractivity contribution in [3.8, 4) is 11.5 Å². The average molecular weight is 641 g/mol. The van der Waals surface area contributed by atoms with Crippen molar-refractivity contribution in [2.75, 3.05) is 11.5 Å². The highest BCUT2D eigenvalue weighted by atomic mass is 16.5. The summed E-state index contributed by atoms with van der Waals surface area (Å²) in [5.41, 5.74) is 14.4. The highest BCUT2D eigenvalue weighted by molar-refractivity contribution is 5.89. The highest BCUT2D eigenvalue weighted by Crippen LogP contribution is 2.68. The van der Waals surface area contributed by atoms with Crippen molar-refractivity contribution < 1.29 is 14.3 Å². The normalized spacial score (nSPS) is 34.0. The third-order valence-electron chi connectivity index (χ3n) is 13.7. The van der Waals surface area contributed by atoms with E-state index in [4.69, 9.17) is 20.9 Å². The summed E-state index contributed by atoms with van der Waals surface area (Å²) in [6, 6.07) is 12.9. The Morgan fingerprint density at radius 2 is 1.64 bits per heavy atom. The third-order valence-corrected chi connectivity index (χ3v) is 13.7. The quantitative estimate of drug-likeness (QED) is 0.117. The molecule has 0 aliphatic heterocycles. The number of ether oxygens (including phenoxy) is 2. The first-order valence-electron chi connectivity index (χ1n) is 18.8. The molecule has 6 rings (SSSR count). The van der Waals surface area contributed by atoms with Gasteiger partial charge < -0.3 is 20.9 Å². The van der Waals surface area contributed by atoms with Crippen LogP contribution in [0.1, 0.15) is 117 Å². The molecular weight excluding hydrogens is 580 g/mol. The van der Waals surface area contributed by atoms with Crippen molar-refractivity contribution in [3.05, 3.63) is 54.1 Å². The second kappa shape index (κ2) is 13.9. The van der Waals surface area contributed by atoms with Crippen LogP contribution in [0.3, 0.4) is 0 Å². The summed E-state index contributed by atoms with van der Waals surface area (Å²) in [5, 5.41) is 0. The number of carbonyl (C=O) groups excluding carboxylic acids is 1. The molecule has 5 unspecified atom stereocenters. The summed E-state index contributed by atoms with van der Waals surface area (Å²) in [6.45, 7) is 12.7. The highest BCUT2D eigenvalue weighted by Gasteiger charge is 2.60. The molecule has 0 heterocycles. The van der Waals surface area contributed by atoms with Crippen molar-refractivity contribution in [3.63, 3.8) is 0 Å². The molecule has 4 fully saturated rings. The van der Waals surface area contributed by atoms with Crippen LogP contribution < -0.4 is 20.9 Å². The van der Waals surface area contributed by atoms with Gasteiger partial charge in [0.25, 0.3) is 0 Å². The first-order chi connectivity index (χ1) is 22.5. The van der Waals surface area contributed by atoms with E-state index in [0.29, 0.717) is 28.0 Å². The van der Waals surface area contributed by atoms with Crippen molar-refractivity contribution >= 4 is 23.4 Å². The van der Waals surface area contributed by atoms with E-state index >= 15 is 0 Å². The number of nitrogen functional groups attached to an aromatic ring is 2. The van der Waals surface area contributed by atoms with Gasteiger partial charge in [-0.05, 0) is 152 Å². The van der Waals surface area contributed by atoms with Crippen molar-refractivity contribution in [1.29, 1.82) is 0 Å². The van der Waals surface area contributed by atoms with E-state index in [0.717, 1.165) is 59.2 Å². The maximum atomic E-state index is 12.3. The maximum absolute atomic E-state index is 12.3. The SMILES string of the molecule is CC(C)CCC[C@@H](C)[C@H]1CCC2C3CCC4CC(Oc5ccc(C=CC(=O)Oc6ccc(N)cc6N)cc5)CC[C@]4(C)C3CC[C@@]21C. The van der Waals surface area contributed by atoms with E-state index in [1.807, 2.05) is 24.3 Å². The third kappa shape index (κ3) is 7.10. The zero-order valence-corrected chi connectivity index (χ0v) is 29.7. The molecule has 4 aliphatic carbocycles. The molecule has 4 N–H and O–H groups in total. The number of hydrogen-bond acceptors (Lipinski definition) is 5. The van der Waals surface area contributed by atoms with Gasteiger partial charge in [0, 0.05) is 11.8 Å². The molecule has 256 valence electrons. The molecule has 2 aromatic rings. The minimum atomic E-state index is -0.483. The summed E-state index contributed by atoms with van der Waals surface area (Å²) in [7, 11) is 0. The fourth-order valence-electron chi connectivity index (χ4n) is 11.2. The Balaban J connectivity index is 1.01. The van der Waals surface area contributed by atoms with Crippen LogP contribution in [0.4, 0.5) is 11.4 Å². The van der Waals surface area contributed by atoms with Crippen LogP contribution in [0.2, 0.25) is 0 Å². The molecule has 9 atom stereocenters. The van der Waals surface area contributed by atoms with Gasteiger partial charge in [0.2, 0.25) is 0 Å². The summed E-state index contributed by atoms with van der Waals surface area (Å²) in [4.78, 5) is 12.3. The Bertz CT molecular complexity index is 1420. The Kier molecular flexibility index (Phi) is 10.0. The fourth-order valence-corrected chi connectivity index (χ4v) is 11.2. The van der Waals surface area contributed by atoms with Crippen LogP contribution in [0, 0.1) is 52.3 Å². The van der Waals surface area contributed by atoms with Crippen molar-refractivity contribution in [2.24, 2.45) is 52.3 Å². The van der Waals surface area contributed by atoms with Gasteiger partial charge in [-0.1, -0.05) is 66.0 Å². The van der Waals surface area contributed by atoms with E-state index in [-0.39, 0.29) is 6.10 Å². The van der Waals surface area contributed by atoms with Gasteiger partial charge in [-0.3, -0.25) is 0 Å². The van der Waals surface area contributed by atoms with Crippen molar-refractivity contribution in [1.82, 2.24) is 0 Å². The molecule has 5 nitrogen and oxygen atoms in total. The summed E-state index contributed by atoms with van der Waals surface area (Å²) in [5.74, 6) is 6.91. The Morgan fingerprint density at radius 3 is 2.38 bits per heavy atom. The monoisotopic (exact) mass is 640 g/mol. The Hall–Kier alpha value is -2.95. The molecule has 0 spiro atoms. The molecule has 5 heteroatoms. The molecule has 0 aromatic heterocycles. The van der Waals surface area contributed by atoms with Crippen LogP contribution in [-0.4, -0.2) is 12.1 Å². The van der Waals surface area contributed by atoms with Crippen LogP contribution in [-0.2, 0) is 4.79 Å². The van der Waals surface area contributed by atoms with E-state index in [1.54, 1.807) is 24.3 Å². The van der Waals surface area contributed by atoms with Crippen LogP contribution in [0.5, 0.6) is 11.5 Å². The number of benzene rings is 2. The molecule has 4 aliphatic rings. The van der Waals surface area contributed by atoms with E-state index in [1.165, 1.54) is 76.7 Å². The topological polar surface area (TPSA) is 87.6 Å². The predicted molar refractivity (Wildman–Crippen MR) is 194 cm³/mol. The smallest absolute Gasteiger partial charge is 0.336 e. The Labute approximate surface area is 284 Å². The number of carbonyl (C=O) groups is 1. The molecule has 47 heavy (non-hydrogen) atoms. The summed E-state index contributed by atoms with van der Waals surface area (Å²) in [6.07, 6.45) is 19.9. The van der Waals surface area contributed by atoms with Crippen LogP contribution >= 0.6 is 0 Å². The largest absolute Gasteiger partial charge is 0.490 e. The summed E-state index contributed by atoms with van der Waals surface area (Å²) < 4.78 is 12.0. The van der Waals surface area contributed by atoms with Crippen LogP contribution in [0.25, 0.3) is 6.08 Å². The zero-order chi connectivity index (χ0) is 33.3. The zero-order valence-electron chi connectivity index (χ0n) is 29.7. The van der Waals surface area contributed by atoms with Gasteiger partial charge in [-0.15, -0.1) is 0 Å². The van der Waals surface area contributed by atoms with Gasteiger partial charge in [-0.25, -0.2) is 4.79 Å². The fraction of sp³-hybridized carbons (Fsp3) is 0.643. The molecule has 0 amide bonds. The molecule has 0 bridgehead atoms. The lowest BCUT2D eigenvalue weighted by molar-refractivity contribution is -0.128. The standard InChI is InChI=1S/C42H60N2O3/c1-27(2)7-6-8-28(3)35-17-18-36-34-16-12-30-25-33(21-23-41(30,4)37(34)22-24-42(35,36)5)46-32-14-9-29(10-15-32)11-20-40(45)47-39-19-13-31(43)26-38(39)44/h9-11,13-15,19-20,26-28,30,33-37H,6-8,12,16-18,21-25,43-44H2,1-5H3/t28-,30?,33?,34?,35-,36?,37?,41+,42-/m1/s1. The molecule has 2 aromatic carbocycles. The maximum Gasteiger partial charge on any atom is 0.336 e. The second-order valence-electron chi connectivity index (χ2n) is 16.8. The number of hydrogen-bond donors (Lipinski definition) is 2. The Morgan fingerprint density at radius 1 is 0.894 bits per heavy atom. The number of rotatable bonds is 10. The first-order valence-corrected chi connectivity index (χ1v) is 18.8. The van der Waals surface area contributed by atoms with Gasteiger partial charge >= 0.3 is 5.97 Å². The van der Waals surface area contributed by atoms with Gasteiger partial charge in [0.15, 0.2) is 5.75 Å². The predicted octanol–water partition coefficient (Wildman–Crippen LogP) is 10.3. The second-order valence-corrected chi connectivity index (χ2v) is 16.8. The first kappa shape index (κ1) is 33.9. The van der Waals surface area contributed by atoms with Gasteiger partial charge in [0.1, 0.15) is 5.75 Å². The molecule has 4 saturated carbocycles. The number of esters is 1.